The Balaban J connectivity index is 1.09. The SMILES string of the molecule is NCCCCCCCCCCCCN1CCN(CCOc2ccc(N3CCCC(OC(/C=C(\N)c4ccccc4O)=C(N)N)C3)cc2)CC1. The summed E-state index contributed by atoms with van der Waals surface area (Å²) in [7, 11) is 0. The van der Waals surface area contributed by atoms with E-state index in [0.29, 0.717) is 30.2 Å². The van der Waals surface area contributed by atoms with Gasteiger partial charge in [0.1, 0.15) is 30.0 Å². The van der Waals surface area contributed by atoms with Gasteiger partial charge >= 0.3 is 0 Å². The molecule has 0 amide bonds. The third-order valence-corrected chi connectivity index (χ3v) is 9.73. The van der Waals surface area contributed by atoms with Crippen LogP contribution in [0.15, 0.2) is 66.2 Å². The average molecular weight is 678 g/mol. The highest BCUT2D eigenvalue weighted by atomic mass is 16.5. The fraction of sp³-hybridized carbons (Fsp3) is 0.590. The summed E-state index contributed by atoms with van der Waals surface area (Å²) < 4.78 is 12.4. The Morgan fingerprint density at radius 2 is 1.37 bits per heavy atom. The number of allylic oxidation sites excluding steroid dienone is 1. The molecule has 10 nitrogen and oxygen atoms in total. The Bertz CT molecular complexity index is 1270. The van der Waals surface area contributed by atoms with Crippen LogP contribution in [0.25, 0.3) is 5.70 Å². The first-order valence-corrected chi connectivity index (χ1v) is 18.7. The molecule has 0 aromatic heterocycles. The summed E-state index contributed by atoms with van der Waals surface area (Å²) >= 11 is 0. The maximum absolute atomic E-state index is 10.2. The van der Waals surface area contributed by atoms with Crippen LogP contribution in [-0.4, -0.2) is 86.5 Å². The van der Waals surface area contributed by atoms with E-state index < -0.39 is 0 Å². The van der Waals surface area contributed by atoms with Gasteiger partial charge in [-0.15, -0.1) is 0 Å². The Kier molecular flexibility index (Phi) is 16.7. The van der Waals surface area contributed by atoms with E-state index in [1.165, 1.54) is 70.8 Å². The number of unbranched alkanes of at least 4 members (excludes halogenated alkanes) is 9. The lowest BCUT2D eigenvalue weighted by Crippen LogP contribution is -2.47. The molecule has 0 radical (unpaired) electrons. The summed E-state index contributed by atoms with van der Waals surface area (Å²) in [4.78, 5) is 7.47. The van der Waals surface area contributed by atoms with Gasteiger partial charge in [-0.05, 0) is 75.2 Å². The number of piperazine rings is 1. The monoisotopic (exact) mass is 677 g/mol. The molecule has 272 valence electrons. The van der Waals surface area contributed by atoms with Crippen molar-refractivity contribution in [3.05, 3.63) is 71.8 Å². The van der Waals surface area contributed by atoms with E-state index in [4.69, 9.17) is 32.4 Å². The summed E-state index contributed by atoms with van der Waals surface area (Å²) in [6, 6.07) is 15.2. The van der Waals surface area contributed by atoms with Crippen LogP contribution in [0.3, 0.4) is 0 Å². The van der Waals surface area contributed by atoms with E-state index in [-0.39, 0.29) is 17.7 Å². The summed E-state index contributed by atoms with van der Waals surface area (Å²) in [6.07, 6.45) is 16.8. The van der Waals surface area contributed by atoms with Crippen LogP contribution in [0.1, 0.15) is 82.6 Å². The third kappa shape index (κ3) is 13.7. The number of benzene rings is 2. The number of aromatic hydroxyl groups is 1. The molecule has 2 aromatic carbocycles. The minimum Gasteiger partial charge on any atom is -0.507 e. The van der Waals surface area contributed by atoms with Gasteiger partial charge in [-0.2, -0.15) is 0 Å². The molecule has 2 aromatic rings. The van der Waals surface area contributed by atoms with Gasteiger partial charge in [-0.25, -0.2) is 0 Å². The van der Waals surface area contributed by atoms with Crippen molar-refractivity contribution in [3.63, 3.8) is 0 Å². The van der Waals surface area contributed by atoms with Crippen molar-refractivity contribution >= 4 is 11.4 Å². The first-order chi connectivity index (χ1) is 23.9. The molecule has 49 heavy (non-hydrogen) atoms. The van der Waals surface area contributed by atoms with Crippen LogP contribution >= 0.6 is 0 Å². The highest BCUT2D eigenvalue weighted by molar-refractivity contribution is 5.69. The van der Waals surface area contributed by atoms with Crippen molar-refractivity contribution < 1.29 is 14.6 Å². The van der Waals surface area contributed by atoms with Gasteiger partial charge in [0.2, 0.25) is 0 Å². The van der Waals surface area contributed by atoms with E-state index in [2.05, 4.69) is 39.0 Å². The first-order valence-electron chi connectivity index (χ1n) is 18.7. The van der Waals surface area contributed by atoms with Gasteiger partial charge in [0, 0.05) is 62.3 Å². The standard InChI is InChI=1S/C39H63N7O3/c40-21-11-7-5-3-1-2-4-6-8-12-22-44-24-26-45(27-25-44)28-29-48-33-19-17-32(18-20-33)46-23-13-14-34(31-46)49-38(39(42)43)30-36(41)35-15-9-10-16-37(35)47/h9-10,15-20,30,34,47H,1-8,11-14,21-29,31,40-43H2/b36-30-. The first kappa shape index (κ1) is 38.2. The highest BCUT2D eigenvalue weighted by Crippen LogP contribution is 2.27. The van der Waals surface area contributed by atoms with E-state index in [0.717, 1.165) is 70.1 Å². The van der Waals surface area contributed by atoms with Crippen molar-refractivity contribution in [1.82, 2.24) is 9.80 Å². The molecule has 10 heteroatoms. The van der Waals surface area contributed by atoms with Gasteiger partial charge in [0.25, 0.3) is 0 Å². The molecule has 4 rings (SSSR count). The van der Waals surface area contributed by atoms with Crippen LogP contribution in [0.2, 0.25) is 0 Å². The number of hydrogen-bond acceptors (Lipinski definition) is 10. The molecule has 0 saturated carbocycles. The Labute approximate surface area is 295 Å². The maximum Gasteiger partial charge on any atom is 0.161 e. The van der Waals surface area contributed by atoms with Gasteiger partial charge < -0.3 is 47.3 Å². The normalized spacial score (nSPS) is 17.6. The fourth-order valence-corrected chi connectivity index (χ4v) is 6.75. The van der Waals surface area contributed by atoms with Crippen molar-refractivity contribution in [1.29, 1.82) is 0 Å². The van der Waals surface area contributed by atoms with Crippen LogP contribution in [0, 0.1) is 0 Å². The lowest BCUT2D eigenvalue weighted by Gasteiger charge is -2.35. The third-order valence-electron chi connectivity index (χ3n) is 9.73. The number of rotatable bonds is 21. The van der Waals surface area contributed by atoms with Crippen LogP contribution in [0.4, 0.5) is 5.69 Å². The number of hydrogen-bond donors (Lipinski definition) is 5. The second kappa shape index (κ2) is 21.5. The molecule has 1 unspecified atom stereocenters. The Morgan fingerprint density at radius 1 is 0.755 bits per heavy atom. The smallest absolute Gasteiger partial charge is 0.161 e. The summed E-state index contributed by atoms with van der Waals surface area (Å²) in [5.41, 5.74) is 25.7. The fourth-order valence-electron chi connectivity index (χ4n) is 6.75. The quantitative estimate of drug-likeness (QED) is 0.0667. The molecule has 0 spiro atoms. The van der Waals surface area contributed by atoms with Crippen molar-refractivity contribution in [3.8, 4) is 11.5 Å². The number of piperidine rings is 1. The summed E-state index contributed by atoms with van der Waals surface area (Å²) in [5.74, 6) is 1.35. The van der Waals surface area contributed by atoms with Crippen LogP contribution in [0.5, 0.6) is 11.5 Å². The van der Waals surface area contributed by atoms with E-state index >= 15 is 0 Å². The Hall–Kier alpha value is -3.60. The van der Waals surface area contributed by atoms with Crippen LogP contribution < -0.4 is 32.6 Å². The molecule has 2 saturated heterocycles. The number of nitrogens with two attached hydrogens (primary N) is 4. The zero-order chi connectivity index (χ0) is 34.7. The van der Waals surface area contributed by atoms with Gasteiger partial charge in [-0.3, -0.25) is 4.90 Å². The number of phenolic OH excluding ortho intramolecular Hbond substituents is 1. The molecule has 1 atom stereocenters. The molecule has 2 fully saturated rings. The minimum absolute atomic E-state index is 0.0519. The molecule has 9 N–H and O–H groups in total. The zero-order valence-corrected chi connectivity index (χ0v) is 29.7. The molecular weight excluding hydrogens is 614 g/mol. The summed E-state index contributed by atoms with van der Waals surface area (Å²) in [6.45, 7) is 9.93. The molecule has 2 aliphatic heterocycles. The zero-order valence-electron chi connectivity index (χ0n) is 29.7. The van der Waals surface area contributed by atoms with Crippen molar-refractivity contribution in [2.45, 2.75) is 83.2 Å². The van der Waals surface area contributed by atoms with Crippen LogP contribution in [-0.2, 0) is 4.74 Å². The number of nitrogens with zero attached hydrogens (tertiary/aromatic N) is 3. The summed E-state index contributed by atoms with van der Waals surface area (Å²) in [5, 5.41) is 10.2. The molecule has 2 aliphatic rings. The van der Waals surface area contributed by atoms with Crippen molar-refractivity contribution in [2.24, 2.45) is 22.9 Å². The predicted molar refractivity (Wildman–Crippen MR) is 202 cm³/mol. The molecular formula is C39H63N7O3. The molecule has 0 bridgehead atoms. The predicted octanol–water partition coefficient (Wildman–Crippen LogP) is 5.32. The van der Waals surface area contributed by atoms with Gasteiger partial charge in [0.15, 0.2) is 5.76 Å². The number of ether oxygens (including phenoxy) is 2. The average Bonchev–Trinajstić information content (AvgIpc) is 3.11. The van der Waals surface area contributed by atoms with E-state index in [1.807, 2.05) is 0 Å². The Morgan fingerprint density at radius 3 is 2.00 bits per heavy atom. The topological polar surface area (TPSA) is 152 Å². The maximum atomic E-state index is 10.2. The van der Waals surface area contributed by atoms with Gasteiger partial charge in [-0.1, -0.05) is 63.5 Å². The number of anilines is 1. The van der Waals surface area contributed by atoms with E-state index in [9.17, 15) is 5.11 Å². The second-order valence-corrected chi connectivity index (χ2v) is 13.6. The van der Waals surface area contributed by atoms with E-state index in [1.54, 1.807) is 30.3 Å². The molecule has 2 heterocycles. The number of phenols is 1. The van der Waals surface area contributed by atoms with Gasteiger partial charge in [0.05, 0.1) is 6.54 Å². The largest absolute Gasteiger partial charge is 0.507 e. The second-order valence-electron chi connectivity index (χ2n) is 13.6. The highest BCUT2D eigenvalue weighted by Gasteiger charge is 2.23. The number of para-hydroxylation sites is 1. The molecule has 0 aliphatic carbocycles. The lowest BCUT2D eigenvalue weighted by molar-refractivity contribution is 0.107. The van der Waals surface area contributed by atoms with Crippen molar-refractivity contribution in [2.75, 3.05) is 70.4 Å². The lowest BCUT2D eigenvalue weighted by atomic mass is 10.1. The minimum atomic E-state index is -0.104.